The third-order valence-corrected chi connectivity index (χ3v) is 2.96. The molecule has 0 radical (unpaired) electrons. The summed E-state index contributed by atoms with van der Waals surface area (Å²) in [6.07, 6.45) is 6.00. The summed E-state index contributed by atoms with van der Waals surface area (Å²) in [5.41, 5.74) is 3.50. The van der Waals surface area contributed by atoms with Crippen molar-refractivity contribution in [3.05, 3.63) is 66.4 Å². The Labute approximate surface area is 103 Å². The van der Waals surface area contributed by atoms with Crippen LogP contribution in [0.5, 0.6) is 0 Å². The lowest BCUT2D eigenvalue weighted by Gasteiger charge is -2.03. The highest BCUT2D eigenvalue weighted by Crippen LogP contribution is 2.14. The Bertz CT molecular complexity index is 552. The summed E-state index contributed by atoms with van der Waals surface area (Å²) < 4.78 is 0. The van der Waals surface area contributed by atoms with Gasteiger partial charge in [-0.25, -0.2) is 0 Å². The summed E-state index contributed by atoms with van der Waals surface area (Å²) in [6.45, 7) is 5.85. The van der Waals surface area contributed by atoms with Crippen molar-refractivity contribution in [2.24, 2.45) is 0 Å². The molecule has 0 bridgehead atoms. The molecule has 0 atom stereocenters. The molecule has 1 aromatic carbocycles. The van der Waals surface area contributed by atoms with Gasteiger partial charge in [0.25, 0.3) is 0 Å². The van der Waals surface area contributed by atoms with Crippen LogP contribution in [0.2, 0.25) is 0 Å². The first-order valence-electron chi connectivity index (χ1n) is 5.96. The van der Waals surface area contributed by atoms with E-state index < -0.39 is 0 Å². The SMILES string of the molecule is C=C/C(=C\C)CCc1ccc2ccccc2n1. The number of rotatable bonds is 4. The Morgan fingerprint density at radius 2 is 2.06 bits per heavy atom. The van der Waals surface area contributed by atoms with Crippen molar-refractivity contribution in [1.82, 2.24) is 4.98 Å². The summed E-state index contributed by atoms with van der Waals surface area (Å²) in [6, 6.07) is 12.5. The fourth-order valence-electron chi connectivity index (χ4n) is 1.88. The number of aryl methyl sites for hydroxylation is 1. The molecule has 0 aliphatic rings. The summed E-state index contributed by atoms with van der Waals surface area (Å²) >= 11 is 0. The molecule has 1 aromatic heterocycles. The zero-order valence-electron chi connectivity index (χ0n) is 10.2. The van der Waals surface area contributed by atoms with E-state index in [1.807, 2.05) is 25.1 Å². The second kappa shape index (κ2) is 5.44. The van der Waals surface area contributed by atoms with Gasteiger partial charge in [0.05, 0.1) is 5.52 Å². The van der Waals surface area contributed by atoms with Gasteiger partial charge in [0, 0.05) is 11.1 Å². The molecular formula is C16H17N. The number of nitrogens with zero attached hydrogens (tertiary/aromatic N) is 1. The molecule has 1 nitrogen and oxygen atoms in total. The molecule has 0 fully saturated rings. The summed E-state index contributed by atoms with van der Waals surface area (Å²) in [5.74, 6) is 0. The van der Waals surface area contributed by atoms with Crippen LogP contribution >= 0.6 is 0 Å². The molecule has 2 rings (SSSR count). The number of hydrogen-bond acceptors (Lipinski definition) is 1. The summed E-state index contributed by atoms with van der Waals surface area (Å²) in [7, 11) is 0. The molecule has 0 aliphatic heterocycles. The van der Waals surface area contributed by atoms with E-state index >= 15 is 0 Å². The normalized spacial score (nSPS) is 11.7. The van der Waals surface area contributed by atoms with Gasteiger partial charge in [-0.3, -0.25) is 4.98 Å². The van der Waals surface area contributed by atoms with Gasteiger partial charge in [0.15, 0.2) is 0 Å². The molecule has 1 heterocycles. The monoisotopic (exact) mass is 223 g/mol. The predicted molar refractivity (Wildman–Crippen MR) is 74.0 cm³/mol. The standard InChI is InChI=1S/C16H17N/c1-3-13(4-2)9-11-15-12-10-14-7-5-6-8-16(14)17-15/h3-8,10,12H,1,9,11H2,2H3/b13-4+. The van der Waals surface area contributed by atoms with Crippen molar-refractivity contribution in [1.29, 1.82) is 0 Å². The molecule has 0 amide bonds. The molecule has 0 spiro atoms. The average Bonchev–Trinajstić information content (AvgIpc) is 2.40. The van der Waals surface area contributed by atoms with E-state index in [1.54, 1.807) is 0 Å². The Kier molecular flexibility index (Phi) is 3.71. The van der Waals surface area contributed by atoms with Gasteiger partial charge < -0.3 is 0 Å². The summed E-state index contributed by atoms with van der Waals surface area (Å²) in [4.78, 5) is 4.65. The fourth-order valence-corrected chi connectivity index (χ4v) is 1.88. The van der Waals surface area contributed by atoms with Crippen LogP contribution in [0.15, 0.2) is 60.7 Å². The minimum atomic E-state index is 0.969. The van der Waals surface area contributed by atoms with Crippen molar-refractivity contribution in [2.45, 2.75) is 19.8 Å². The van der Waals surface area contributed by atoms with Gasteiger partial charge in [-0.05, 0) is 31.9 Å². The van der Waals surface area contributed by atoms with E-state index in [0.29, 0.717) is 0 Å². The molecule has 17 heavy (non-hydrogen) atoms. The number of hydrogen-bond donors (Lipinski definition) is 0. The van der Waals surface area contributed by atoms with E-state index in [1.165, 1.54) is 11.0 Å². The highest BCUT2D eigenvalue weighted by atomic mass is 14.7. The molecule has 0 unspecified atom stereocenters. The van der Waals surface area contributed by atoms with Gasteiger partial charge in [-0.2, -0.15) is 0 Å². The maximum Gasteiger partial charge on any atom is 0.0705 e. The Morgan fingerprint density at radius 1 is 1.24 bits per heavy atom. The van der Waals surface area contributed by atoms with Crippen LogP contribution in [0.4, 0.5) is 0 Å². The molecule has 86 valence electrons. The van der Waals surface area contributed by atoms with Crippen LogP contribution < -0.4 is 0 Å². The molecule has 1 heteroatoms. The maximum atomic E-state index is 4.65. The molecule has 0 aliphatic carbocycles. The fraction of sp³-hybridized carbons (Fsp3) is 0.188. The second-order valence-electron chi connectivity index (χ2n) is 4.06. The van der Waals surface area contributed by atoms with Crippen LogP contribution in [0.1, 0.15) is 19.0 Å². The molecule has 0 N–H and O–H groups in total. The topological polar surface area (TPSA) is 12.9 Å². The van der Waals surface area contributed by atoms with Crippen LogP contribution in [-0.4, -0.2) is 4.98 Å². The lowest BCUT2D eigenvalue weighted by molar-refractivity contribution is 0.925. The molecular weight excluding hydrogens is 206 g/mol. The summed E-state index contributed by atoms with van der Waals surface area (Å²) in [5, 5.41) is 1.20. The first-order chi connectivity index (χ1) is 8.33. The molecule has 2 aromatic rings. The van der Waals surface area contributed by atoms with E-state index in [4.69, 9.17) is 0 Å². The first-order valence-corrected chi connectivity index (χ1v) is 5.96. The second-order valence-corrected chi connectivity index (χ2v) is 4.06. The van der Waals surface area contributed by atoms with Gasteiger partial charge in [-0.1, -0.05) is 48.6 Å². The van der Waals surface area contributed by atoms with Gasteiger partial charge in [-0.15, -0.1) is 0 Å². The minimum absolute atomic E-state index is 0.969. The number of aromatic nitrogens is 1. The first kappa shape index (κ1) is 11.6. The lowest BCUT2D eigenvalue weighted by Crippen LogP contribution is -1.92. The highest BCUT2D eigenvalue weighted by molar-refractivity contribution is 5.78. The van der Waals surface area contributed by atoms with E-state index in [9.17, 15) is 0 Å². The van der Waals surface area contributed by atoms with Crippen molar-refractivity contribution < 1.29 is 0 Å². The zero-order valence-corrected chi connectivity index (χ0v) is 10.2. The smallest absolute Gasteiger partial charge is 0.0705 e. The quantitative estimate of drug-likeness (QED) is 0.704. The maximum absolute atomic E-state index is 4.65. The number of para-hydroxylation sites is 1. The van der Waals surface area contributed by atoms with Gasteiger partial charge >= 0.3 is 0 Å². The largest absolute Gasteiger partial charge is 0.253 e. The average molecular weight is 223 g/mol. The Balaban J connectivity index is 2.17. The van der Waals surface area contributed by atoms with Gasteiger partial charge in [0.2, 0.25) is 0 Å². The van der Waals surface area contributed by atoms with Crippen LogP contribution in [0.3, 0.4) is 0 Å². The van der Waals surface area contributed by atoms with E-state index in [-0.39, 0.29) is 0 Å². The minimum Gasteiger partial charge on any atom is -0.253 e. The predicted octanol–water partition coefficient (Wildman–Crippen LogP) is 4.30. The number of pyridine rings is 1. The third-order valence-electron chi connectivity index (χ3n) is 2.96. The van der Waals surface area contributed by atoms with Gasteiger partial charge in [0.1, 0.15) is 0 Å². The van der Waals surface area contributed by atoms with Crippen LogP contribution in [-0.2, 0) is 6.42 Å². The highest BCUT2D eigenvalue weighted by Gasteiger charge is 1.99. The van der Waals surface area contributed by atoms with Crippen molar-refractivity contribution >= 4 is 10.9 Å². The van der Waals surface area contributed by atoms with E-state index in [2.05, 4.69) is 41.9 Å². The Hall–Kier alpha value is -1.89. The van der Waals surface area contributed by atoms with Crippen LogP contribution in [0, 0.1) is 0 Å². The lowest BCUT2D eigenvalue weighted by atomic mass is 10.1. The zero-order chi connectivity index (χ0) is 12.1. The van der Waals surface area contributed by atoms with Crippen molar-refractivity contribution in [3.63, 3.8) is 0 Å². The number of benzene rings is 1. The van der Waals surface area contributed by atoms with Crippen molar-refractivity contribution in [3.8, 4) is 0 Å². The van der Waals surface area contributed by atoms with Crippen LogP contribution in [0.25, 0.3) is 10.9 Å². The molecule has 0 saturated heterocycles. The number of fused-ring (bicyclic) bond motifs is 1. The van der Waals surface area contributed by atoms with Crippen molar-refractivity contribution in [2.75, 3.05) is 0 Å². The Morgan fingerprint density at radius 3 is 2.82 bits per heavy atom. The third kappa shape index (κ3) is 2.82. The van der Waals surface area contributed by atoms with E-state index in [0.717, 1.165) is 24.1 Å². The molecule has 0 saturated carbocycles. The number of allylic oxidation sites excluding steroid dienone is 3.